The first-order valence-electron chi connectivity index (χ1n) is 6.95. The zero-order valence-corrected chi connectivity index (χ0v) is 11.0. The Kier molecular flexibility index (Phi) is 3.45. The molecule has 0 bridgehead atoms. The zero-order valence-electron chi connectivity index (χ0n) is 11.0. The van der Waals surface area contributed by atoms with E-state index in [0.717, 1.165) is 25.5 Å². The second-order valence-corrected chi connectivity index (χ2v) is 5.35. The predicted molar refractivity (Wildman–Crippen MR) is 77.2 cm³/mol. The average molecular weight is 250 g/mol. The third-order valence-corrected chi connectivity index (χ3v) is 4.19. The molecule has 0 aliphatic heterocycles. The SMILES string of the molecule is O=CC1c2ccccc2CCC1Cc1ccccc1. The van der Waals surface area contributed by atoms with Crippen LogP contribution in [-0.4, -0.2) is 6.29 Å². The summed E-state index contributed by atoms with van der Waals surface area (Å²) in [5.41, 5.74) is 3.92. The van der Waals surface area contributed by atoms with Crippen LogP contribution in [-0.2, 0) is 17.6 Å². The molecule has 2 atom stereocenters. The van der Waals surface area contributed by atoms with Crippen LogP contribution in [0.3, 0.4) is 0 Å². The highest BCUT2D eigenvalue weighted by Gasteiger charge is 2.28. The van der Waals surface area contributed by atoms with Crippen LogP contribution in [0.15, 0.2) is 54.6 Å². The summed E-state index contributed by atoms with van der Waals surface area (Å²) in [7, 11) is 0. The van der Waals surface area contributed by atoms with Crippen molar-refractivity contribution in [2.75, 3.05) is 0 Å². The number of benzene rings is 2. The van der Waals surface area contributed by atoms with Gasteiger partial charge in [-0.3, -0.25) is 0 Å². The van der Waals surface area contributed by atoms with Crippen LogP contribution in [0, 0.1) is 5.92 Å². The van der Waals surface area contributed by atoms with E-state index in [1.165, 1.54) is 16.7 Å². The molecule has 2 unspecified atom stereocenters. The smallest absolute Gasteiger partial charge is 0.127 e. The fourth-order valence-corrected chi connectivity index (χ4v) is 3.19. The first kappa shape index (κ1) is 12.2. The summed E-state index contributed by atoms with van der Waals surface area (Å²) >= 11 is 0. The van der Waals surface area contributed by atoms with Gasteiger partial charge in [-0.15, -0.1) is 0 Å². The molecular formula is C18H18O. The topological polar surface area (TPSA) is 17.1 Å². The zero-order chi connectivity index (χ0) is 13.1. The number of carbonyl (C=O) groups excluding carboxylic acids is 1. The molecule has 0 heterocycles. The van der Waals surface area contributed by atoms with Crippen LogP contribution in [0.1, 0.15) is 29.0 Å². The molecule has 3 rings (SSSR count). The standard InChI is InChI=1S/C18H18O/c19-13-18-16(12-14-6-2-1-3-7-14)11-10-15-8-4-5-9-17(15)18/h1-9,13,16,18H,10-12H2. The van der Waals surface area contributed by atoms with E-state index in [-0.39, 0.29) is 5.92 Å². The lowest BCUT2D eigenvalue weighted by atomic mass is 9.73. The van der Waals surface area contributed by atoms with E-state index in [1.807, 2.05) is 12.1 Å². The molecule has 0 N–H and O–H groups in total. The summed E-state index contributed by atoms with van der Waals surface area (Å²) < 4.78 is 0. The number of fused-ring (bicyclic) bond motifs is 1. The normalized spacial score (nSPS) is 21.7. The van der Waals surface area contributed by atoms with E-state index in [1.54, 1.807) is 0 Å². The quantitative estimate of drug-likeness (QED) is 0.758. The van der Waals surface area contributed by atoms with Crippen LogP contribution in [0.2, 0.25) is 0 Å². The summed E-state index contributed by atoms with van der Waals surface area (Å²) in [5, 5.41) is 0. The van der Waals surface area contributed by atoms with Crippen molar-refractivity contribution in [3.05, 3.63) is 71.3 Å². The summed E-state index contributed by atoms with van der Waals surface area (Å²) in [6, 6.07) is 18.9. The van der Waals surface area contributed by atoms with Gasteiger partial charge < -0.3 is 4.79 Å². The van der Waals surface area contributed by atoms with Gasteiger partial charge in [-0.2, -0.15) is 0 Å². The molecule has 0 aromatic heterocycles. The van der Waals surface area contributed by atoms with Gasteiger partial charge in [0.2, 0.25) is 0 Å². The van der Waals surface area contributed by atoms with Crippen molar-refractivity contribution in [2.24, 2.45) is 5.92 Å². The number of hydrogen-bond acceptors (Lipinski definition) is 1. The summed E-state index contributed by atoms with van der Waals surface area (Å²) in [6.45, 7) is 0. The molecule has 1 heteroatoms. The molecule has 0 fully saturated rings. The monoisotopic (exact) mass is 250 g/mol. The van der Waals surface area contributed by atoms with E-state index in [2.05, 4.69) is 42.5 Å². The molecule has 0 saturated heterocycles. The van der Waals surface area contributed by atoms with Crippen LogP contribution in [0.4, 0.5) is 0 Å². The molecule has 1 aliphatic rings. The van der Waals surface area contributed by atoms with E-state index in [0.29, 0.717) is 5.92 Å². The van der Waals surface area contributed by atoms with Gasteiger partial charge in [0.15, 0.2) is 0 Å². The van der Waals surface area contributed by atoms with Crippen LogP contribution >= 0.6 is 0 Å². The van der Waals surface area contributed by atoms with Gasteiger partial charge >= 0.3 is 0 Å². The largest absolute Gasteiger partial charge is 0.303 e. The number of carbonyl (C=O) groups is 1. The maximum atomic E-state index is 11.5. The van der Waals surface area contributed by atoms with Gasteiger partial charge in [-0.05, 0) is 41.9 Å². The van der Waals surface area contributed by atoms with E-state index < -0.39 is 0 Å². The fraction of sp³-hybridized carbons (Fsp3) is 0.278. The van der Waals surface area contributed by atoms with Crippen molar-refractivity contribution in [3.63, 3.8) is 0 Å². The fourth-order valence-electron chi connectivity index (χ4n) is 3.19. The van der Waals surface area contributed by atoms with Crippen molar-refractivity contribution in [3.8, 4) is 0 Å². The van der Waals surface area contributed by atoms with Crippen molar-refractivity contribution in [1.82, 2.24) is 0 Å². The molecule has 0 amide bonds. The van der Waals surface area contributed by atoms with E-state index in [4.69, 9.17) is 0 Å². The molecule has 96 valence electrons. The Morgan fingerprint density at radius 3 is 2.53 bits per heavy atom. The Morgan fingerprint density at radius 1 is 1.00 bits per heavy atom. The Balaban J connectivity index is 1.86. The summed E-state index contributed by atoms with van der Waals surface area (Å²) in [6.07, 6.45) is 4.34. The number of hydrogen-bond donors (Lipinski definition) is 0. The molecule has 2 aromatic rings. The number of rotatable bonds is 3. The highest BCUT2D eigenvalue weighted by molar-refractivity contribution is 5.65. The Labute approximate surface area is 114 Å². The second kappa shape index (κ2) is 5.40. The highest BCUT2D eigenvalue weighted by Crippen LogP contribution is 2.36. The maximum Gasteiger partial charge on any atom is 0.127 e. The van der Waals surface area contributed by atoms with E-state index >= 15 is 0 Å². The van der Waals surface area contributed by atoms with Gasteiger partial charge in [0.05, 0.1) is 0 Å². The third-order valence-electron chi connectivity index (χ3n) is 4.19. The van der Waals surface area contributed by atoms with Gasteiger partial charge in [0.25, 0.3) is 0 Å². The Hall–Kier alpha value is -1.89. The minimum Gasteiger partial charge on any atom is -0.303 e. The van der Waals surface area contributed by atoms with Crippen LogP contribution in [0.25, 0.3) is 0 Å². The highest BCUT2D eigenvalue weighted by atomic mass is 16.1. The van der Waals surface area contributed by atoms with Gasteiger partial charge in [-0.1, -0.05) is 54.6 Å². The van der Waals surface area contributed by atoms with Gasteiger partial charge in [0, 0.05) is 5.92 Å². The molecule has 1 nitrogen and oxygen atoms in total. The number of aryl methyl sites for hydroxylation is 1. The lowest BCUT2D eigenvalue weighted by Crippen LogP contribution is -2.23. The lowest BCUT2D eigenvalue weighted by molar-refractivity contribution is -0.110. The summed E-state index contributed by atoms with van der Waals surface area (Å²) in [4.78, 5) is 11.5. The van der Waals surface area contributed by atoms with Crippen molar-refractivity contribution >= 4 is 6.29 Å². The van der Waals surface area contributed by atoms with Gasteiger partial charge in [0.1, 0.15) is 6.29 Å². The Morgan fingerprint density at radius 2 is 1.74 bits per heavy atom. The van der Waals surface area contributed by atoms with E-state index in [9.17, 15) is 4.79 Å². The molecule has 0 radical (unpaired) electrons. The minimum atomic E-state index is 0.0603. The minimum absolute atomic E-state index is 0.0603. The van der Waals surface area contributed by atoms with Crippen molar-refractivity contribution in [1.29, 1.82) is 0 Å². The number of aldehydes is 1. The lowest BCUT2D eigenvalue weighted by Gasteiger charge is -2.30. The first-order chi connectivity index (χ1) is 9.38. The third kappa shape index (κ3) is 2.46. The molecule has 0 spiro atoms. The molecule has 2 aromatic carbocycles. The molecular weight excluding hydrogens is 232 g/mol. The molecule has 1 aliphatic carbocycles. The van der Waals surface area contributed by atoms with Crippen LogP contribution in [0.5, 0.6) is 0 Å². The predicted octanol–water partition coefficient (Wildman–Crippen LogP) is 3.77. The molecule has 0 saturated carbocycles. The Bertz CT molecular complexity index is 559. The maximum absolute atomic E-state index is 11.5. The van der Waals surface area contributed by atoms with Gasteiger partial charge in [-0.25, -0.2) is 0 Å². The summed E-state index contributed by atoms with van der Waals surface area (Å²) in [5.74, 6) is 0.500. The second-order valence-electron chi connectivity index (χ2n) is 5.35. The molecule has 19 heavy (non-hydrogen) atoms. The van der Waals surface area contributed by atoms with Crippen LogP contribution < -0.4 is 0 Å². The first-order valence-corrected chi connectivity index (χ1v) is 6.95. The van der Waals surface area contributed by atoms with Crippen molar-refractivity contribution in [2.45, 2.75) is 25.2 Å². The van der Waals surface area contributed by atoms with Crippen molar-refractivity contribution < 1.29 is 4.79 Å². The average Bonchev–Trinajstić information content (AvgIpc) is 2.48.